The monoisotopic (exact) mass is 268 g/mol. The van der Waals surface area contributed by atoms with Gasteiger partial charge in [0.15, 0.2) is 0 Å². The first-order chi connectivity index (χ1) is 9.74. The van der Waals surface area contributed by atoms with Gasteiger partial charge in [0.25, 0.3) is 0 Å². The number of aryl methyl sites for hydroxylation is 1. The third kappa shape index (κ3) is 3.49. The predicted molar refractivity (Wildman–Crippen MR) is 86.0 cm³/mol. The zero-order valence-corrected chi connectivity index (χ0v) is 12.5. The van der Waals surface area contributed by atoms with Crippen molar-refractivity contribution in [3.05, 3.63) is 59.7 Å². The van der Waals surface area contributed by atoms with Gasteiger partial charge in [-0.1, -0.05) is 62.4 Å². The Hall–Kier alpha value is -1.60. The maximum Gasteiger partial charge on any atom is 0.0431 e. The molecule has 2 rings (SSSR count). The van der Waals surface area contributed by atoms with Crippen LogP contribution in [0.15, 0.2) is 48.5 Å². The highest BCUT2D eigenvalue weighted by atomic mass is 16.2. The fraction of sp³-hybridized carbons (Fsp3) is 0.368. The zero-order valence-electron chi connectivity index (χ0n) is 12.5. The first-order valence-corrected chi connectivity index (χ1v) is 7.52. The lowest BCUT2D eigenvalue weighted by Crippen LogP contribution is -1.99. The summed E-state index contributed by atoms with van der Waals surface area (Å²) < 4.78 is 0. The van der Waals surface area contributed by atoms with Gasteiger partial charge < -0.3 is 5.11 Å². The van der Waals surface area contributed by atoms with Crippen molar-refractivity contribution in [2.75, 3.05) is 6.61 Å². The average Bonchev–Trinajstić information content (AvgIpc) is 2.48. The van der Waals surface area contributed by atoms with Crippen molar-refractivity contribution >= 4 is 0 Å². The summed E-state index contributed by atoms with van der Waals surface area (Å²) in [5.74, 6) is 0.517. The Morgan fingerprint density at radius 2 is 1.65 bits per heavy atom. The molecule has 0 unspecified atom stereocenters. The second-order valence-electron chi connectivity index (χ2n) is 5.58. The van der Waals surface area contributed by atoms with E-state index in [9.17, 15) is 0 Å². The second kappa shape index (κ2) is 7.25. The van der Waals surface area contributed by atoms with Crippen LogP contribution in [0.4, 0.5) is 0 Å². The van der Waals surface area contributed by atoms with E-state index in [4.69, 9.17) is 5.11 Å². The van der Waals surface area contributed by atoms with E-state index in [2.05, 4.69) is 62.4 Å². The van der Waals surface area contributed by atoms with Crippen LogP contribution in [-0.2, 0) is 6.42 Å². The Kier molecular flexibility index (Phi) is 5.37. The normalized spacial score (nSPS) is 11.0. The van der Waals surface area contributed by atoms with Crippen molar-refractivity contribution in [3.63, 3.8) is 0 Å². The van der Waals surface area contributed by atoms with Gasteiger partial charge in [0.1, 0.15) is 0 Å². The second-order valence-corrected chi connectivity index (χ2v) is 5.58. The Bertz CT molecular complexity index is 529. The Morgan fingerprint density at radius 3 is 2.30 bits per heavy atom. The smallest absolute Gasteiger partial charge is 0.0431 e. The highest BCUT2D eigenvalue weighted by Crippen LogP contribution is 2.33. The van der Waals surface area contributed by atoms with Gasteiger partial charge in [0, 0.05) is 6.61 Å². The van der Waals surface area contributed by atoms with Crippen LogP contribution < -0.4 is 0 Å². The van der Waals surface area contributed by atoms with E-state index in [1.165, 1.54) is 22.3 Å². The van der Waals surface area contributed by atoms with E-state index in [1.54, 1.807) is 0 Å². The van der Waals surface area contributed by atoms with Crippen LogP contribution in [0.5, 0.6) is 0 Å². The van der Waals surface area contributed by atoms with E-state index in [0.29, 0.717) is 5.92 Å². The standard InChI is InChI=1S/C19H24O/c1-15(2)18-13-8-12-17(11-6-7-14-20)19(18)16-9-4-3-5-10-16/h3-5,8-10,12-13,15,20H,6-7,11,14H2,1-2H3. The van der Waals surface area contributed by atoms with Crippen LogP contribution in [-0.4, -0.2) is 11.7 Å². The molecule has 1 heteroatoms. The van der Waals surface area contributed by atoms with Crippen LogP contribution in [0.3, 0.4) is 0 Å². The maximum absolute atomic E-state index is 8.97. The van der Waals surface area contributed by atoms with E-state index in [-0.39, 0.29) is 6.61 Å². The summed E-state index contributed by atoms with van der Waals surface area (Å²) in [7, 11) is 0. The Balaban J connectivity index is 2.43. The number of aliphatic hydroxyl groups excluding tert-OH is 1. The third-order valence-electron chi connectivity index (χ3n) is 3.72. The van der Waals surface area contributed by atoms with Crippen molar-refractivity contribution in [1.82, 2.24) is 0 Å². The molecule has 1 nitrogen and oxygen atoms in total. The quantitative estimate of drug-likeness (QED) is 0.747. The fourth-order valence-corrected chi connectivity index (χ4v) is 2.69. The molecule has 2 aromatic carbocycles. The number of hydrogen-bond donors (Lipinski definition) is 1. The molecule has 0 fully saturated rings. The van der Waals surface area contributed by atoms with Crippen molar-refractivity contribution in [1.29, 1.82) is 0 Å². The zero-order chi connectivity index (χ0) is 14.4. The minimum atomic E-state index is 0.282. The lowest BCUT2D eigenvalue weighted by atomic mass is 9.87. The Labute approximate surface area is 122 Å². The highest BCUT2D eigenvalue weighted by Gasteiger charge is 2.12. The Morgan fingerprint density at radius 1 is 0.900 bits per heavy atom. The molecule has 20 heavy (non-hydrogen) atoms. The lowest BCUT2D eigenvalue weighted by molar-refractivity contribution is 0.284. The van der Waals surface area contributed by atoms with E-state index in [1.807, 2.05) is 0 Å². The molecule has 0 heterocycles. The summed E-state index contributed by atoms with van der Waals surface area (Å²) in [4.78, 5) is 0. The summed E-state index contributed by atoms with van der Waals surface area (Å²) >= 11 is 0. The number of rotatable bonds is 6. The number of hydrogen-bond acceptors (Lipinski definition) is 1. The minimum Gasteiger partial charge on any atom is -0.396 e. The SMILES string of the molecule is CC(C)c1cccc(CCCCO)c1-c1ccccc1. The molecule has 0 aliphatic rings. The van der Waals surface area contributed by atoms with E-state index >= 15 is 0 Å². The van der Waals surface area contributed by atoms with Crippen LogP contribution in [0.1, 0.15) is 43.7 Å². The third-order valence-corrected chi connectivity index (χ3v) is 3.72. The van der Waals surface area contributed by atoms with Gasteiger partial charge in [-0.2, -0.15) is 0 Å². The predicted octanol–water partition coefficient (Wildman–Crippen LogP) is 4.79. The summed E-state index contributed by atoms with van der Waals surface area (Å²) in [6, 6.07) is 17.3. The molecule has 0 radical (unpaired) electrons. The highest BCUT2D eigenvalue weighted by molar-refractivity contribution is 5.71. The van der Waals surface area contributed by atoms with Gasteiger partial charge in [-0.05, 0) is 47.4 Å². The van der Waals surface area contributed by atoms with Gasteiger partial charge in [0.05, 0.1) is 0 Å². The molecule has 0 aliphatic carbocycles. The summed E-state index contributed by atoms with van der Waals surface area (Å²) in [5, 5.41) is 8.97. The number of unbranched alkanes of at least 4 members (excludes halogenated alkanes) is 1. The van der Waals surface area contributed by atoms with Crippen molar-refractivity contribution < 1.29 is 5.11 Å². The summed E-state index contributed by atoms with van der Waals surface area (Å²) in [6.07, 6.45) is 2.95. The molecule has 0 saturated carbocycles. The van der Waals surface area contributed by atoms with E-state index < -0.39 is 0 Å². The minimum absolute atomic E-state index is 0.282. The van der Waals surface area contributed by atoms with Crippen LogP contribution >= 0.6 is 0 Å². The van der Waals surface area contributed by atoms with Gasteiger partial charge >= 0.3 is 0 Å². The van der Waals surface area contributed by atoms with Gasteiger partial charge in [-0.15, -0.1) is 0 Å². The average molecular weight is 268 g/mol. The van der Waals surface area contributed by atoms with Gasteiger partial charge in [-0.25, -0.2) is 0 Å². The first-order valence-electron chi connectivity index (χ1n) is 7.52. The summed E-state index contributed by atoms with van der Waals surface area (Å²) in [5.41, 5.74) is 5.50. The largest absolute Gasteiger partial charge is 0.396 e. The molecular formula is C19H24O. The van der Waals surface area contributed by atoms with Crippen molar-refractivity contribution in [3.8, 4) is 11.1 Å². The molecule has 0 amide bonds. The molecule has 0 bridgehead atoms. The molecule has 0 spiro atoms. The first kappa shape index (κ1) is 14.8. The number of benzene rings is 2. The maximum atomic E-state index is 8.97. The molecule has 0 atom stereocenters. The van der Waals surface area contributed by atoms with Crippen LogP contribution in [0, 0.1) is 0 Å². The fourth-order valence-electron chi connectivity index (χ4n) is 2.69. The van der Waals surface area contributed by atoms with Crippen LogP contribution in [0.2, 0.25) is 0 Å². The van der Waals surface area contributed by atoms with Gasteiger partial charge in [0.2, 0.25) is 0 Å². The lowest BCUT2D eigenvalue weighted by Gasteiger charge is -2.17. The van der Waals surface area contributed by atoms with E-state index in [0.717, 1.165) is 19.3 Å². The molecule has 0 saturated heterocycles. The molecule has 0 aromatic heterocycles. The number of aliphatic hydroxyl groups is 1. The molecule has 1 N–H and O–H groups in total. The van der Waals surface area contributed by atoms with Crippen molar-refractivity contribution in [2.45, 2.75) is 39.0 Å². The molecule has 2 aromatic rings. The summed E-state index contributed by atoms with van der Waals surface area (Å²) in [6.45, 7) is 4.78. The topological polar surface area (TPSA) is 20.2 Å². The van der Waals surface area contributed by atoms with Crippen LogP contribution in [0.25, 0.3) is 11.1 Å². The molecular weight excluding hydrogens is 244 g/mol. The van der Waals surface area contributed by atoms with Crippen molar-refractivity contribution in [2.24, 2.45) is 0 Å². The van der Waals surface area contributed by atoms with Gasteiger partial charge in [-0.3, -0.25) is 0 Å². The molecule has 0 aliphatic heterocycles. The molecule has 106 valence electrons.